The number of aromatic nitrogens is 1. The van der Waals surface area contributed by atoms with Gasteiger partial charge in [0.05, 0.1) is 41.3 Å². The smallest absolute Gasteiger partial charge is 0.418 e. The fourth-order valence-corrected chi connectivity index (χ4v) is 4.59. The first-order valence-corrected chi connectivity index (χ1v) is 13.4. The van der Waals surface area contributed by atoms with Gasteiger partial charge < -0.3 is 29.3 Å². The number of hydrogen-bond acceptors (Lipinski definition) is 8. The van der Waals surface area contributed by atoms with Crippen LogP contribution in [0, 0.1) is 6.92 Å². The van der Waals surface area contributed by atoms with Crippen molar-refractivity contribution in [3.8, 4) is 11.3 Å². The average Bonchev–Trinajstić information content (AvgIpc) is 3.32. The van der Waals surface area contributed by atoms with Gasteiger partial charge in [0, 0.05) is 37.4 Å². The number of carboxylic acid groups (broad SMARTS) is 1. The summed E-state index contributed by atoms with van der Waals surface area (Å²) in [6.07, 6.45) is -4.66. The summed E-state index contributed by atoms with van der Waals surface area (Å²) in [7, 11) is 2.73. The second kappa shape index (κ2) is 13.3. The topological polar surface area (TPSA) is 143 Å². The number of nitrogens with zero attached hydrogens (tertiary/aromatic N) is 2. The highest BCUT2D eigenvalue weighted by atomic mass is 19.4. The summed E-state index contributed by atoms with van der Waals surface area (Å²) in [5.41, 5.74) is -0.218. The maximum Gasteiger partial charge on any atom is 0.418 e. The van der Waals surface area contributed by atoms with E-state index < -0.39 is 41.6 Å². The molecule has 0 radical (unpaired) electrons. The van der Waals surface area contributed by atoms with Gasteiger partial charge in [-0.3, -0.25) is 14.9 Å². The Kier molecular flexibility index (Phi) is 9.71. The van der Waals surface area contributed by atoms with Crippen molar-refractivity contribution in [1.29, 1.82) is 0 Å². The molecule has 0 bridgehead atoms. The molecule has 4 rings (SSSR count). The molecular weight excluding hydrogens is 573 g/mol. The molecule has 0 aliphatic carbocycles. The summed E-state index contributed by atoms with van der Waals surface area (Å²) in [5.74, 6) is -1.18. The Morgan fingerprint density at radius 3 is 2.51 bits per heavy atom. The first-order chi connectivity index (χ1) is 20.3. The molecule has 1 aliphatic heterocycles. The fourth-order valence-electron chi connectivity index (χ4n) is 4.59. The number of ether oxygens (including phenoxy) is 2. The second-order valence-electron chi connectivity index (χ2n) is 10.1. The van der Waals surface area contributed by atoms with E-state index in [-0.39, 0.29) is 29.8 Å². The van der Waals surface area contributed by atoms with Crippen LogP contribution in [-0.4, -0.2) is 55.0 Å². The van der Waals surface area contributed by atoms with Gasteiger partial charge in [0.2, 0.25) is 5.91 Å². The van der Waals surface area contributed by atoms with Gasteiger partial charge in [0.1, 0.15) is 0 Å². The van der Waals surface area contributed by atoms with Crippen LogP contribution in [0.2, 0.25) is 0 Å². The fraction of sp³-hybridized carbons (Fsp3) is 0.379. The molecule has 1 aromatic heterocycles. The average molecular weight is 605 g/mol. The minimum Gasteiger partial charge on any atom is -0.465 e. The SMILES string of the molecule is Cc1noc(-c2cccc(C(=O)CC(=O)Nc3cc(C(F)(F)F)c(N(C)C)cc3NC(=O)O)c2)c1COC1CCCCO1. The molecule has 2 aromatic carbocycles. The number of alkyl halides is 3. The minimum absolute atomic E-state index is 0.145. The van der Waals surface area contributed by atoms with Gasteiger partial charge in [-0.25, -0.2) is 4.79 Å². The number of carbonyl (C=O) groups excluding carboxylic acids is 2. The Hall–Kier alpha value is -4.43. The Balaban J connectivity index is 1.52. The number of nitrogens with one attached hydrogen (secondary N) is 2. The summed E-state index contributed by atoms with van der Waals surface area (Å²) in [4.78, 5) is 38.3. The summed E-state index contributed by atoms with van der Waals surface area (Å²) in [6, 6.07) is 7.88. The molecule has 43 heavy (non-hydrogen) atoms. The van der Waals surface area contributed by atoms with Crippen LogP contribution in [-0.2, 0) is 27.1 Å². The van der Waals surface area contributed by atoms with E-state index in [9.17, 15) is 32.7 Å². The van der Waals surface area contributed by atoms with E-state index in [1.165, 1.54) is 26.2 Å². The number of halogens is 3. The zero-order chi connectivity index (χ0) is 31.3. The van der Waals surface area contributed by atoms with Gasteiger partial charge in [-0.05, 0) is 44.4 Å². The van der Waals surface area contributed by atoms with E-state index in [2.05, 4.69) is 10.5 Å². The lowest BCUT2D eigenvalue weighted by atomic mass is 10.0. The van der Waals surface area contributed by atoms with Gasteiger partial charge in [0.25, 0.3) is 0 Å². The number of ketones is 1. The lowest BCUT2D eigenvalue weighted by Gasteiger charge is -2.22. The normalized spacial score (nSPS) is 15.2. The van der Waals surface area contributed by atoms with Crippen molar-refractivity contribution < 1.29 is 46.7 Å². The number of hydrogen-bond donors (Lipinski definition) is 3. The van der Waals surface area contributed by atoms with Crippen molar-refractivity contribution in [1.82, 2.24) is 5.16 Å². The highest BCUT2D eigenvalue weighted by Crippen LogP contribution is 2.41. The highest BCUT2D eigenvalue weighted by molar-refractivity contribution is 6.12. The van der Waals surface area contributed by atoms with E-state index in [1.807, 2.05) is 5.32 Å². The molecule has 14 heteroatoms. The number of Topliss-reactive ketones (excluding diaryl/α,β-unsaturated/α-hetero) is 1. The van der Waals surface area contributed by atoms with Crippen molar-refractivity contribution in [2.24, 2.45) is 0 Å². The van der Waals surface area contributed by atoms with Crippen LogP contribution in [0.1, 0.15) is 52.9 Å². The summed E-state index contributed by atoms with van der Waals surface area (Å²) < 4.78 is 58.2. The maximum atomic E-state index is 13.7. The van der Waals surface area contributed by atoms with Crippen molar-refractivity contribution in [3.63, 3.8) is 0 Å². The Morgan fingerprint density at radius 2 is 1.86 bits per heavy atom. The van der Waals surface area contributed by atoms with Crippen LogP contribution in [0.15, 0.2) is 40.9 Å². The van der Waals surface area contributed by atoms with Gasteiger partial charge in [-0.2, -0.15) is 13.2 Å². The van der Waals surface area contributed by atoms with E-state index in [4.69, 9.17) is 14.0 Å². The number of benzene rings is 2. The number of aryl methyl sites for hydroxylation is 1. The molecule has 2 amide bonds. The van der Waals surface area contributed by atoms with Crippen molar-refractivity contribution >= 4 is 34.8 Å². The molecule has 0 spiro atoms. The van der Waals surface area contributed by atoms with Crippen LogP contribution in [0.4, 0.5) is 35.0 Å². The van der Waals surface area contributed by atoms with Crippen LogP contribution in [0.5, 0.6) is 0 Å². The molecule has 1 saturated heterocycles. The molecule has 3 N–H and O–H groups in total. The molecule has 230 valence electrons. The summed E-state index contributed by atoms with van der Waals surface area (Å²) >= 11 is 0. The Labute approximate surface area is 244 Å². The monoisotopic (exact) mass is 604 g/mol. The number of amides is 2. The Morgan fingerprint density at radius 1 is 1.12 bits per heavy atom. The van der Waals surface area contributed by atoms with Crippen LogP contribution >= 0.6 is 0 Å². The molecule has 1 atom stereocenters. The molecular formula is C29H31F3N4O7. The van der Waals surface area contributed by atoms with Crippen molar-refractivity contribution in [3.05, 3.63) is 58.8 Å². The van der Waals surface area contributed by atoms with Gasteiger partial charge in [-0.15, -0.1) is 0 Å². The largest absolute Gasteiger partial charge is 0.465 e. The molecule has 11 nitrogen and oxygen atoms in total. The first-order valence-electron chi connectivity index (χ1n) is 13.4. The predicted molar refractivity (Wildman–Crippen MR) is 150 cm³/mol. The maximum absolute atomic E-state index is 13.7. The van der Waals surface area contributed by atoms with E-state index in [0.29, 0.717) is 35.3 Å². The summed E-state index contributed by atoms with van der Waals surface area (Å²) in [6.45, 7) is 2.56. The third-order valence-electron chi connectivity index (χ3n) is 6.74. The van der Waals surface area contributed by atoms with E-state index in [1.54, 1.807) is 19.1 Å². The standard InChI is InChI=1S/C29H31F3N4O7/c1-16-19(15-42-26-9-4-5-10-41-26)27(43-35-16)18-8-6-7-17(11-18)24(37)14-25(38)33-21-12-20(29(30,31)32)23(36(2)3)13-22(21)34-28(39)40/h6-8,11-13,26,34H,4-5,9-10,14-15H2,1-3H3,(H,33,38)(H,39,40). The molecule has 1 fully saturated rings. The molecule has 2 heterocycles. The van der Waals surface area contributed by atoms with E-state index >= 15 is 0 Å². The van der Waals surface area contributed by atoms with E-state index in [0.717, 1.165) is 30.2 Å². The zero-order valence-electron chi connectivity index (χ0n) is 23.7. The van der Waals surface area contributed by atoms with Crippen LogP contribution < -0.4 is 15.5 Å². The zero-order valence-corrected chi connectivity index (χ0v) is 23.7. The summed E-state index contributed by atoms with van der Waals surface area (Å²) in [5, 5.41) is 17.4. The predicted octanol–water partition coefficient (Wildman–Crippen LogP) is 6.08. The number of carbonyl (C=O) groups is 3. The third kappa shape index (κ3) is 7.90. The molecule has 1 unspecified atom stereocenters. The van der Waals surface area contributed by atoms with Crippen LogP contribution in [0.3, 0.4) is 0 Å². The van der Waals surface area contributed by atoms with Gasteiger partial charge >= 0.3 is 12.3 Å². The third-order valence-corrected chi connectivity index (χ3v) is 6.74. The van der Waals surface area contributed by atoms with Crippen molar-refractivity contribution in [2.75, 3.05) is 36.2 Å². The lowest BCUT2D eigenvalue weighted by Crippen LogP contribution is -2.22. The van der Waals surface area contributed by atoms with Crippen LogP contribution in [0.25, 0.3) is 11.3 Å². The molecule has 3 aromatic rings. The first kappa shape index (κ1) is 31.5. The number of rotatable bonds is 10. The Bertz CT molecular complexity index is 1500. The van der Waals surface area contributed by atoms with Crippen molar-refractivity contribution in [2.45, 2.75) is 51.7 Å². The molecule has 0 saturated carbocycles. The highest BCUT2D eigenvalue weighted by Gasteiger charge is 2.35. The van der Waals surface area contributed by atoms with Gasteiger partial charge in [-0.1, -0.05) is 23.4 Å². The van der Waals surface area contributed by atoms with Gasteiger partial charge in [0.15, 0.2) is 17.8 Å². The minimum atomic E-state index is -4.80. The molecule has 1 aliphatic rings. The number of anilines is 3. The lowest BCUT2D eigenvalue weighted by molar-refractivity contribution is -0.168. The second-order valence-corrected chi connectivity index (χ2v) is 10.1. The quantitative estimate of drug-likeness (QED) is 0.185.